The Morgan fingerprint density at radius 1 is 1.27 bits per heavy atom. The lowest BCUT2D eigenvalue weighted by Gasteiger charge is -2.35. The number of aryl methyl sites for hydroxylation is 2. The summed E-state index contributed by atoms with van der Waals surface area (Å²) in [6.45, 7) is 11.4. The minimum Gasteiger partial charge on any atom is -0.481 e. The van der Waals surface area contributed by atoms with Gasteiger partial charge in [-0.2, -0.15) is 0 Å². The molecule has 2 rings (SSSR count). The fraction of sp³-hybridized carbons (Fsp3) is 0.682. The monoisotopic (exact) mass is 360 g/mol. The zero-order valence-corrected chi connectivity index (χ0v) is 17.0. The molecule has 1 amide bonds. The SMILES string of the molecule is CC[C@H]1CCCCN1CCCNC(=O)[C@@H](CC)Oc1ccc(C)c(C)c1. The Labute approximate surface area is 159 Å². The second kappa shape index (κ2) is 10.6. The summed E-state index contributed by atoms with van der Waals surface area (Å²) in [4.78, 5) is 15.0. The molecule has 0 aromatic heterocycles. The van der Waals surface area contributed by atoms with Gasteiger partial charge in [0.1, 0.15) is 5.75 Å². The summed E-state index contributed by atoms with van der Waals surface area (Å²) in [5, 5.41) is 3.06. The van der Waals surface area contributed by atoms with Crippen molar-refractivity contribution in [3.05, 3.63) is 29.3 Å². The molecule has 1 aromatic carbocycles. The minimum atomic E-state index is -0.421. The highest BCUT2D eigenvalue weighted by Crippen LogP contribution is 2.20. The zero-order valence-electron chi connectivity index (χ0n) is 17.0. The van der Waals surface area contributed by atoms with E-state index in [1.165, 1.54) is 43.4 Å². The van der Waals surface area contributed by atoms with Crippen molar-refractivity contribution in [1.82, 2.24) is 10.2 Å². The topological polar surface area (TPSA) is 41.6 Å². The third kappa shape index (κ3) is 6.01. The molecule has 0 saturated carbocycles. The van der Waals surface area contributed by atoms with E-state index in [1.807, 2.05) is 25.1 Å². The number of nitrogens with zero attached hydrogens (tertiary/aromatic N) is 1. The van der Waals surface area contributed by atoms with E-state index in [-0.39, 0.29) is 5.91 Å². The minimum absolute atomic E-state index is 0.00332. The van der Waals surface area contributed by atoms with Crippen molar-refractivity contribution >= 4 is 5.91 Å². The Bertz CT molecular complexity index is 573. The smallest absolute Gasteiger partial charge is 0.261 e. The highest BCUT2D eigenvalue weighted by molar-refractivity contribution is 5.81. The zero-order chi connectivity index (χ0) is 18.9. The summed E-state index contributed by atoms with van der Waals surface area (Å²) < 4.78 is 5.92. The van der Waals surface area contributed by atoms with Gasteiger partial charge in [0.05, 0.1) is 0 Å². The van der Waals surface area contributed by atoms with Crippen LogP contribution in [0.25, 0.3) is 0 Å². The quantitative estimate of drug-likeness (QED) is 0.670. The third-order valence-electron chi connectivity index (χ3n) is 5.56. The van der Waals surface area contributed by atoms with E-state index < -0.39 is 6.10 Å². The molecular weight excluding hydrogens is 324 g/mol. The molecule has 0 aliphatic carbocycles. The summed E-state index contributed by atoms with van der Waals surface area (Å²) in [6, 6.07) is 6.72. The Kier molecular flexibility index (Phi) is 8.43. The van der Waals surface area contributed by atoms with Crippen molar-refractivity contribution < 1.29 is 9.53 Å². The van der Waals surface area contributed by atoms with Crippen LogP contribution in [-0.2, 0) is 4.79 Å². The lowest BCUT2D eigenvalue weighted by atomic mass is 10.00. The molecule has 2 atom stereocenters. The summed E-state index contributed by atoms with van der Waals surface area (Å²) in [7, 11) is 0. The van der Waals surface area contributed by atoms with Crippen molar-refractivity contribution in [2.45, 2.75) is 78.4 Å². The molecule has 146 valence electrons. The number of hydrogen-bond acceptors (Lipinski definition) is 3. The molecule has 1 heterocycles. The number of piperidine rings is 1. The van der Waals surface area contributed by atoms with Crippen LogP contribution in [-0.4, -0.2) is 42.6 Å². The van der Waals surface area contributed by atoms with E-state index >= 15 is 0 Å². The number of amides is 1. The number of rotatable bonds is 9. The van der Waals surface area contributed by atoms with Gasteiger partial charge in [0.2, 0.25) is 0 Å². The molecule has 4 nitrogen and oxygen atoms in total. The standard InChI is InChI=1S/C22H36N2O2/c1-5-19-10-7-8-14-24(19)15-9-13-23-22(25)21(6-2)26-20-12-11-17(3)18(4)16-20/h11-12,16,19,21H,5-10,13-15H2,1-4H3,(H,23,25)/t19-,21+/m0/s1. The maximum absolute atomic E-state index is 12.5. The first-order chi connectivity index (χ1) is 12.5. The maximum Gasteiger partial charge on any atom is 0.261 e. The van der Waals surface area contributed by atoms with Gasteiger partial charge in [0, 0.05) is 19.1 Å². The number of benzene rings is 1. The average Bonchev–Trinajstić information content (AvgIpc) is 2.66. The van der Waals surface area contributed by atoms with E-state index in [4.69, 9.17) is 4.74 Å². The van der Waals surface area contributed by atoms with E-state index in [2.05, 4.69) is 31.0 Å². The highest BCUT2D eigenvalue weighted by Gasteiger charge is 2.21. The van der Waals surface area contributed by atoms with E-state index in [9.17, 15) is 4.79 Å². The number of nitrogens with one attached hydrogen (secondary N) is 1. The van der Waals surface area contributed by atoms with Crippen molar-refractivity contribution in [1.29, 1.82) is 0 Å². The van der Waals surface area contributed by atoms with Gasteiger partial charge in [0.15, 0.2) is 6.10 Å². The van der Waals surface area contributed by atoms with Crippen molar-refractivity contribution in [2.24, 2.45) is 0 Å². The van der Waals surface area contributed by atoms with Crippen LogP contribution in [0.2, 0.25) is 0 Å². The van der Waals surface area contributed by atoms with Crippen LogP contribution in [0, 0.1) is 13.8 Å². The first-order valence-electron chi connectivity index (χ1n) is 10.3. The van der Waals surface area contributed by atoms with Gasteiger partial charge in [0.25, 0.3) is 5.91 Å². The predicted molar refractivity (Wildman–Crippen MR) is 108 cm³/mol. The second-order valence-corrected chi connectivity index (χ2v) is 7.50. The Morgan fingerprint density at radius 3 is 2.77 bits per heavy atom. The predicted octanol–water partition coefficient (Wildman–Crippen LogP) is 4.23. The van der Waals surface area contributed by atoms with Gasteiger partial charge < -0.3 is 15.0 Å². The molecule has 1 aliphatic rings. The van der Waals surface area contributed by atoms with E-state index in [1.54, 1.807) is 0 Å². The molecule has 1 saturated heterocycles. The van der Waals surface area contributed by atoms with Crippen molar-refractivity contribution in [3.63, 3.8) is 0 Å². The van der Waals surface area contributed by atoms with Crippen LogP contribution < -0.4 is 10.1 Å². The van der Waals surface area contributed by atoms with Gasteiger partial charge >= 0.3 is 0 Å². The molecule has 1 N–H and O–H groups in total. The fourth-order valence-electron chi connectivity index (χ4n) is 3.70. The molecule has 0 radical (unpaired) electrons. The normalized spacial score (nSPS) is 19.2. The van der Waals surface area contributed by atoms with E-state index in [0.717, 1.165) is 31.3 Å². The summed E-state index contributed by atoms with van der Waals surface area (Å²) in [5.41, 5.74) is 2.42. The number of likely N-dealkylation sites (tertiary alicyclic amines) is 1. The van der Waals surface area contributed by atoms with Crippen LogP contribution in [0.3, 0.4) is 0 Å². The number of ether oxygens (including phenoxy) is 1. The molecule has 4 heteroatoms. The van der Waals surface area contributed by atoms with Crippen LogP contribution in [0.4, 0.5) is 0 Å². The van der Waals surface area contributed by atoms with Gasteiger partial charge in [-0.1, -0.05) is 26.3 Å². The van der Waals surface area contributed by atoms with Crippen LogP contribution in [0.15, 0.2) is 18.2 Å². The lowest BCUT2D eigenvalue weighted by Crippen LogP contribution is -2.42. The molecule has 1 aliphatic heterocycles. The molecular formula is C22H36N2O2. The molecule has 1 fully saturated rings. The second-order valence-electron chi connectivity index (χ2n) is 7.50. The molecule has 26 heavy (non-hydrogen) atoms. The van der Waals surface area contributed by atoms with E-state index in [0.29, 0.717) is 6.42 Å². The molecule has 0 spiro atoms. The molecule has 1 aromatic rings. The lowest BCUT2D eigenvalue weighted by molar-refractivity contribution is -0.128. The van der Waals surface area contributed by atoms with Crippen molar-refractivity contribution in [3.8, 4) is 5.75 Å². The molecule has 0 bridgehead atoms. The maximum atomic E-state index is 12.5. The Hall–Kier alpha value is -1.55. The third-order valence-corrected chi connectivity index (χ3v) is 5.56. The van der Waals surface area contributed by atoms with Crippen molar-refractivity contribution in [2.75, 3.05) is 19.6 Å². The first-order valence-corrected chi connectivity index (χ1v) is 10.3. The van der Waals surface area contributed by atoms with Gasteiger partial charge in [-0.25, -0.2) is 0 Å². The van der Waals surface area contributed by atoms with Gasteiger partial charge in [-0.3, -0.25) is 4.79 Å². The average molecular weight is 361 g/mol. The number of carbonyl (C=O) groups excluding carboxylic acids is 1. The van der Waals surface area contributed by atoms with Crippen LogP contribution >= 0.6 is 0 Å². The van der Waals surface area contributed by atoms with Gasteiger partial charge in [-0.05, 0) is 75.8 Å². The number of hydrogen-bond donors (Lipinski definition) is 1. The number of carbonyl (C=O) groups is 1. The van der Waals surface area contributed by atoms with Gasteiger partial charge in [-0.15, -0.1) is 0 Å². The Balaban J connectivity index is 1.75. The largest absolute Gasteiger partial charge is 0.481 e. The summed E-state index contributed by atoms with van der Waals surface area (Å²) in [6.07, 6.45) is 6.48. The highest BCUT2D eigenvalue weighted by atomic mass is 16.5. The first kappa shape index (κ1) is 20.8. The summed E-state index contributed by atoms with van der Waals surface area (Å²) >= 11 is 0. The fourth-order valence-corrected chi connectivity index (χ4v) is 3.70. The van der Waals surface area contributed by atoms with Crippen LogP contribution in [0.5, 0.6) is 5.75 Å². The summed E-state index contributed by atoms with van der Waals surface area (Å²) in [5.74, 6) is 0.769. The Morgan fingerprint density at radius 2 is 2.08 bits per heavy atom. The molecule has 0 unspecified atom stereocenters. The van der Waals surface area contributed by atoms with Crippen LogP contribution in [0.1, 0.15) is 63.5 Å².